The van der Waals surface area contributed by atoms with E-state index in [1.807, 2.05) is 19.1 Å². The first-order valence-corrected chi connectivity index (χ1v) is 10.4. The molecule has 0 atom stereocenters. The zero-order valence-electron chi connectivity index (χ0n) is 16.6. The molecule has 1 heterocycles. The van der Waals surface area contributed by atoms with E-state index in [0.717, 1.165) is 30.4 Å². The number of ether oxygens (including phenoxy) is 1. The van der Waals surface area contributed by atoms with E-state index in [-0.39, 0.29) is 5.82 Å². The van der Waals surface area contributed by atoms with Gasteiger partial charge in [-0.25, -0.2) is 4.39 Å². The van der Waals surface area contributed by atoms with Crippen molar-refractivity contribution < 1.29 is 9.13 Å². The largest absolute Gasteiger partial charge is 0.494 e. The monoisotopic (exact) mass is 370 g/mol. The molecular weight excluding hydrogens is 339 g/mol. The van der Waals surface area contributed by atoms with Gasteiger partial charge < -0.3 is 4.74 Å². The third-order valence-electron chi connectivity index (χ3n) is 5.76. The SMILES string of the molecule is CCCOc1ccc(-c2ccc(CCC3CCC(CC)CC3)nn2)c(F)c1. The van der Waals surface area contributed by atoms with Crippen molar-refractivity contribution >= 4 is 0 Å². The molecule has 0 bridgehead atoms. The Bertz CT molecular complexity index is 709. The lowest BCUT2D eigenvalue weighted by Gasteiger charge is -2.27. The van der Waals surface area contributed by atoms with Crippen LogP contribution in [0.1, 0.15) is 64.5 Å². The first-order valence-electron chi connectivity index (χ1n) is 10.4. The van der Waals surface area contributed by atoms with Gasteiger partial charge >= 0.3 is 0 Å². The molecule has 1 fully saturated rings. The average molecular weight is 371 g/mol. The summed E-state index contributed by atoms with van der Waals surface area (Å²) in [6.45, 7) is 4.92. The van der Waals surface area contributed by atoms with Crippen molar-refractivity contribution in [1.29, 1.82) is 0 Å². The molecule has 1 aromatic heterocycles. The quantitative estimate of drug-likeness (QED) is 0.553. The van der Waals surface area contributed by atoms with E-state index >= 15 is 0 Å². The third kappa shape index (κ3) is 5.50. The summed E-state index contributed by atoms with van der Waals surface area (Å²) in [4.78, 5) is 0. The number of hydrogen-bond acceptors (Lipinski definition) is 3. The van der Waals surface area contributed by atoms with Gasteiger partial charge in [0.15, 0.2) is 0 Å². The molecule has 0 radical (unpaired) electrons. The second-order valence-electron chi connectivity index (χ2n) is 7.73. The van der Waals surface area contributed by atoms with Gasteiger partial charge in [0.1, 0.15) is 11.6 Å². The molecule has 0 spiro atoms. The van der Waals surface area contributed by atoms with Crippen LogP contribution in [0.4, 0.5) is 4.39 Å². The Morgan fingerprint density at radius 1 is 1.00 bits per heavy atom. The fourth-order valence-corrected chi connectivity index (χ4v) is 3.93. The van der Waals surface area contributed by atoms with Gasteiger partial charge in [0.05, 0.1) is 18.0 Å². The van der Waals surface area contributed by atoms with E-state index < -0.39 is 0 Å². The van der Waals surface area contributed by atoms with Crippen LogP contribution in [-0.4, -0.2) is 16.8 Å². The topological polar surface area (TPSA) is 35.0 Å². The van der Waals surface area contributed by atoms with Crippen molar-refractivity contribution in [3.8, 4) is 17.0 Å². The second kappa shape index (κ2) is 9.82. The third-order valence-corrected chi connectivity index (χ3v) is 5.76. The number of rotatable bonds is 8. The number of hydrogen-bond donors (Lipinski definition) is 0. The van der Waals surface area contributed by atoms with Crippen LogP contribution in [0.5, 0.6) is 5.75 Å². The van der Waals surface area contributed by atoms with E-state index in [0.29, 0.717) is 23.6 Å². The van der Waals surface area contributed by atoms with Crippen LogP contribution >= 0.6 is 0 Å². The summed E-state index contributed by atoms with van der Waals surface area (Å²) in [5.41, 5.74) is 2.04. The maximum absolute atomic E-state index is 14.4. The van der Waals surface area contributed by atoms with Gasteiger partial charge in [0.25, 0.3) is 0 Å². The summed E-state index contributed by atoms with van der Waals surface area (Å²) < 4.78 is 19.8. The van der Waals surface area contributed by atoms with Gasteiger partial charge in [-0.1, -0.05) is 46.0 Å². The molecule has 3 nitrogen and oxygen atoms in total. The summed E-state index contributed by atoms with van der Waals surface area (Å²) >= 11 is 0. The van der Waals surface area contributed by atoms with E-state index in [2.05, 4.69) is 17.1 Å². The minimum Gasteiger partial charge on any atom is -0.494 e. The highest BCUT2D eigenvalue weighted by Gasteiger charge is 2.20. The zero-order chi connectivity index (χ0) is 19.1. The van der Waals surface area contributed by atoms with Gasteiger partial charge in [-0.15, -0.1) is 0 Å². The highest BCUT2D eigenvalue weighted by Crippen LogP contribution is 2.33. The van der Waals surface area contributed by atoms with Crippen LogP contribution in [0.3, 0.4) is 0 Å². The molecule has 0 unspecified atom stereocenters. The van der Waals surface area contributed by atoms with Gasteiger partial charge in [-0.05, 0) is 55.4 Å². The molecular formula is C23H31FN2O. The smallest absolute Gasteiger partial charge is 0.136 e. The molecule has 4 heteroatoms. The predicted octanol–water partition coefficient (Wildman–Crippen LogP) is 6.22. The molecule has 0 N–H and O–H groups in total. The molecule has 1 aliphatic carbocycles. The Morgan fingerprint density at radius 3 is 2.41 bits per heavy atom. The maximum atomic E-state index is 14.4. The van der Waals surface area contributed by atoms with Crippen LogP contribution in [0.25, 0.3) is 11.3 Å². The molecule has 2 aromatic rings. The Morgan fingerprint density at radius 2 is 1.78 bits per heavy atom. The van der Waals surface area contributed by atoms with Crippen molar-refractivity contribution in [1.82, 2.24) is 10.2 Å². The fourth-order valence-electron chi connectivity index (χ4n) is 3.93. The number of aromatic nitrogens is 2. The Kier molecular flexibility index (Phi) is 7.19. The van der Waals surface area contributed by atoms with Crippen molar-refractivity contribution in [2.45, 2.75) is 65.2 Å². The van der Waals surface area contributed by atoms with Crippen molar-refractivity contribution in [3.63, 3.8) is 0 Å². The van der Waals surface area contributed by atoms with Crippen LogP contribution in [0.2, 0.25) is 0 Å². The fraction of sp³-hybridized carbons (Fsp3) is 0.565. The number of benzene rings is 1. The Labute approximate surface area is 162 Å². The number of halogens is 1. The molecule has 3 rings (SSSR count). The summed E-state index contributed by atoms with van der Waals surface area (Å²) in [5.74, 6) is 2.00. The van der Waals surface area contributed by atoms with Crippen LogP contribution in [0, 0.1) is 17.7 Å². The Balaban J connectivity index is 1.55. The summed E-state index contributed by atoms with van der Waals surface area (Å²) in [6, 6.07) is 8.79. The molecule has 1 aliphatic rings. The van der Waals surface area contributed by atoms with E-state index in [9.17, 15) is 4.39 Å². The number of aryl methyl sites for hydroxylation is 1. The molecule has 146 valence electrons. The van der Waals surface area contributed by atoms with Crippen molar-refractivity contribution in [2.75, 3.05) is 6.61 Å². The van der Waals surface area contributed by atoms with Gasteiger partial charge in [-0.3, -0.25) is 0 Å². The minimum absolute atomic E-state index is 0.321. The van der Waals surface area contributed by atoms with Crippen molar-refractivity contribution in [2.24, 2.45) is 11.8 Å². The lowest BCUT2D eigenvalue weighted by molar-refractivity contribution is 0.258. The zero-order valence-corrected chi connectivity index (χ0v) is 16.6. The second-order valence-corrected chi connectivity index (χ2v) is 7.73. The molecule has 0 saturated heterocycles. The van der Waals surface area contributed by atoms with Crippen LogP contribution in [-0.2, 0) is 6.42 Å². The normalized spacial score (nSPS) is 19.8. The predicted molar refractivity (Wildman–Crippen MR) is 107 cm³/mol. The summed E-state index contributed by atoms with van der Waals surface area (Å²) in [7, 11) is 0. The van der Waals surface area contributed by atoms with Crippen LogP contribution in [0.15, 0.2) is 30.3 Å². The van der Waals surface area contributed by atoms with Crippen molar-refractivity contribution in [3.05, 3.63) is 41.8 Å². The first kappa shape index (κ1) is 19.8. The molecule has 1 aromatic carbocycles. The van der Waals surface area contributed by atoms with Crippen LogP contribution < -0.4 is 4.74 Å². The minimum atomic E-state index is -0.321. The summed E-state index contributed by atoms with van der Waals surface area (Å²) in [5, 5.41) is 8.60. The average Bonchev–Trinajstić information content (AvgIpc) is 2.71. The van der Waals surface area contributed by atoms with Gasteiger partial charge in [0, 0.05) is 11.6 Å². The standard InChI is InChI=1S/C23H31FN2O/c1-3-15-27-20-12-13-21(22(24)16-20)23-14-11-19(25-26-23)10-9-18-7-5-17(4-2)6-8-18/h11-14,16-18H,3-10,15H2,1-2H3. The van der Waals surface area contributed by atoms with Gasteiger partial charge in [0.2, 0.25) is 0 Å². The highest BCUT2D eigenvalue weighted by molar-refractivity contribution is 5.60. The molecule has 27 heavy (non-hydrogen) atoms. The molecule has 0 amide bonds. The number of nitrogens with zero attached hydrogens (tertiary/aromatic N) is 2. The van der Waals surface area contributed by atoms with E-state index in [4.69, 9.17) is 4.74 Å². The highest BCUT2D eigenvalue weighted by atomic mass is 19.1. The van der Waals surface area contributed by atoms with Gasteiger partial charge in [-0.2, -0.15) is 10.2 Å². The van der Waals surface area contributed by atoms with E-state index in [1.54, 1.807) is 12.1 Å². The lowest BCUT2D eigenvalue weighted by Crippen LogP contribution is -2.14. The first-order chi connectivity index (χ1) is 13.2. The Hall–Kier alpha value is -1.97. The lowest BCUT2D eigenvalue weighted by atomic mass is 9.79. The van der Waals surface area contributed by atoms with E-state index in [1.165, 1.54) is 44.6 Å². The molecule has 0 aliphatic heterocycles. The maximum Gasteiger partial charge on any atom is 0.136 e. The summed E-state index contributed by atoms with van der Waals surface area (Å²) in [6.07, 6.45) is 9.82. The molecule has 1 saturated carbocycles.